The molecule has 5 heteroatoms. The van der Waals surface area contributed by atoms with Gasteiger partial charge < -0.3 is 5.11 Å². The molecule has 1 atom stereocenters. The van der Waals surface area contributed by atoms with E-state index in [2.05, 4.69) is 16.0 Å². The minimum Gasteiger partial charge on any atom is -0.372 e. The van der Waals surface area contributed by atoms with Gasteiger partial charge in [0.1, 0.15) is 12.7 Å². The van der Waals surface area contributed by atoms with Crippen molar-refractivity contribution >= 4 is 11.6 Å². The average molecular weight is 248 g/mol. The number of nitrogens with zero attached hydrogens (tertiary/aromatic N) is 3. The Kier molecular flexibility index (Phi) is 3.14. The van der Waals surface area contributed by atoms with Crippen molar-refractivity contribution in [1.29, 1.82) is 0 Å². The van der Waals surface area contributed by atoms with Crippen molar-refractivity contribution in [3.63, 3.8) is 0 Å². The molecule has 86 valence electrons. The van der Waals surface area contributed by atoms with Crippen LogP contribution < -0.4 is 0 Å². The number of halogens is 1. The van der Waals surface area contributed by atoms with E-state index in [4.69, 9.17) is 18.0 Å². The lowest BCUT2D eigenvalue weighted by atomic mass is 9.95. The minimum atomic E-state index is -1.42. The van der Waals surface area contributed by atoms with Crippen LogP contribution in [0.5, 0.6) is 0 Å². The summed E-state index contributed by atoms with van der Waals surface area (Å²) in [5.74, 6) is 2.38. The van der Waals surface area contributed by atoms with Gasteiger partial charge in [0.25, 0.3) is 0 Å². The molecule has 2 rings (SSSR count). The first-order valence-electron chi connectivity index (χ1n) is 4.93. The lowest BCUT2D eigenvalue weighted by molar-refractivity contribution is 0.0761. The molecular weight excluding hydrogens is 238 g/mol. The van der Waals surface area contributed by atoms with Gasteiger partial charge in [0.2, 0.25) is 0 Å². The third kappa shape index (κ3) is 2.47. The zero-order valence-corrected chi connectivity index (χ0v) is 9.67. The molecule has 0 spiro atoms. The molecule has 1 aromatic heterocycles. The predicted molar refractivity (Wildman–Crippen MR) is 64.2 cm³/mol. The zero-order chi connectivity index (χ0) is 12.3. The summed E-state index contributed by atoms with van der Waals surface area (Å²) >= 11 is 5.79. The van der Waals surface area contributed by atoms with Gasteiger partial charge in [0.15, 0.2) is 5.60 Å². The molecule has 0 amide bonds. The smallest absolute Gasteiger partial charge is 0.170 e. The number of rotatable bonds is 3. The molecule has 1 heterocycles. The molecule has 2 aromatic rings. The molecule has 0 aliphatic heterocycles. The first-order valence-corrected chi connectivity index (χ1v) is 5.30. The van der Waals surface area contributed by atoms with E-state index in [1.807, 2.05) is 0 Å². The average Bonchev–Trinajstić information content (AvgIpc) is 2.82. The van der Waals surface area contributed by atoms with E-state index in [0.29, 0.717) is 10.6 Å². The maximum atomic E-state index is 10.4. The Morgan fingerprint density at radius 2 is 2.12 bits per heavy atom. The molecule has 0 saturated carbocycles. The summed E-state index contributed by atoms with van der Waals surface area (Å²) in [6.07, 6.45) is 8.29. The largest absolute Gasteiger partial charge is 0.372 e. The van der Waals surface area contributed by atoms with Gasteiger partial charge in [-0.15, -0.1) is 6.42 Å². The monoisotopic (exact) mass is 247 g/mol. The molecule has 4 nitrogen and oxygen atoms in total. The van der Waals surface area contributed by atoms with Gasteiger partial charge in [-0.1, -0.05) is 29.7 Å². The second-order valence-electron chi connectivity index (χ2n) is 3.60. The molecule has 17 heavy (non-hydrogen) atoms. The lowest BCUT2D eigenvalue weighted by Gasteiger charge is -2.22. The molecule has 1 unspecified atom stereocenters. The van der Waals surface area contributed by atoms with Crippen molar-refractivity contribution in [2.75, 3.05) is 0 Å². The molecule has 0 bridgehead atoms. The highest BCUT2D eigenvalue weighted by Crippen LogP contribution is 2.23. The van der Waals surface area contributed by atoms with E-state index in [-0.39, 0.29) is 6.54 Å². The number of hydrogen-bond acceptors (Lipinski definition) is 3. The van der Waals surface area contributed by atoms with Crippen molar-refractivity contribution in [1.82, 2.24) is 14.8 Å². The summed E-state index contributed by atoms with van der Waals surface area (Å²) in [6.45, 7) is 0.144. The van der Waals surface area contributed by atoms with Crippen LogP contribution in [0.1, 0.15) is 5.56 Å². The van der Waals surface area contributed by atoms with E-state index in [1.165, 1.54) is 17.3 Å². The first-order chi connectivity index (χ1) is 8.14. The quantitative estimate of drug-likeness (QED) is 0.836. The minimum absolute atomic E-state index is 0.144. The second-order valence-corrected chi connectivity index (χ2v) is 4.04. The third-order valence-electron chi connectivity index (χ3n) is 2.42. The Bertz CT molecular complexity index is 530. The zero-order valence-electron chi connectivity index (χ0n) is 8.92. The lowest BCUT2D eigenvalue weighted by Crippen LogP contribution is -2.29. The summed E-state index contributed by atoms with van der Waals surface area (Å²) in [4.78, 5) is 3.80. The molecule has 0 saturated heterocycles. The molecule has 0 fully saturated rings. The van der Waals surface area contributed by atoms with Crippen molar-refractivity contribution in [3.05, 3.63) is 47.5 Å². The summed E-state index contributed by atoms with van der Waals surface area (Å²) in [5, 5.41) is 14.9. The fraction of sp³-hybridized carbons (Fsp3) is 0.167. The SMILES string of the molecule is C#CC(O)(Cn1cncn1)c1ccc(Cl)cc1. The molecule has 0 aliphatic carbocycles. The maximum absolute atomic E-state index is 10.4. The molecular formula is C12H10ClN3O. The highest BCUT2D eigenvalue weighted by molar-refractivity contribution is 6.30. The summed E-state index contributed by atoms with van der Waals surface area (Å²) in [7, 11) is 0. The van der Waals surface area contributed by atoms with Crippen LogP contribution in [0.15, 0.2) is 36.9 Å². The Morgan fingerprint density at radius 1 is 1.41 bits per heavy atom. The van der Waals surface area contributed by atoms with Gasteiger partial charge >= 0.3 is 0 Å². The third-order valence-corrected chi connectivity index (χ3v) is 2.67. The Morgan fingerprint density at radius 3 is 2.65 bits per heavy atom. The van der Waals surface area contributed by atoms with E-state index in [1.54, 1.807) is 24.3 Å². The van der Waals surface area contributed by atoms with Crippen LogP contribution in [-0.2, 0) is 12.1 Å². The Hall–Kier alpha value is -1.83. The second kappa shape index (κ2) is 4.58. The van der Waals surface area contributed by atoms with Gasteiger partial charge in [0, 0.05) is 5.02 Å². The van der Waals surface area contributed by atoms with Gasteiger partial charge in [0.05, 0.1) is 6.54 Å². The number of aromatic nitrogens is 3. The Balaban J connectivity index is 2.31. The highest BCUT2D eigenvalue weighted by atomic mass is 35.5. The normalized spacial score (nSPS) is 13.9. The molecule has 1 N–H and O–H groups in total. The number of terminal acetylenes is 1. The van der Waals surface area contributed by atoms with Gasteiger partial charge in [-0.25, -0.2) is 9.67 Å². The Labute approximate surface area is 104 Å². The van der Waals surface area contributed by atoms with Crippen molar-refractivity contribution in [2.24, 2.45) is 0 Å². The van der Waals surface area contributed by atoms with E-state index < -0.39 is 5.60 Å². The van der Waals surface area contributed by atoms with Crippen LogP contribution in [0.3, 0.4) is 0 Å². The summed E-state index contributed by atoms with van der Waals surface area (Å²) in [6, 6.07) is 6.75. The van der Waals surface area contributed by atoms with Crippen LogP contribution in [0, 0.1) is 12.3 Å². The van der Waals surface area contributed by atoms with Gasteiger partial charge in [-0.3, -0.25) is 0 Å². The van der Waals surface area contributed by atoms with Crippen molar-refractivity contribution < 1.29 is 5.11 Å². The highest BCUT2D eigenvalue weighted by Gasteiger charge is 2.27. The van der Waals surface area contributed by atoms with E-state index >= 15 is 0 Å². The fourth-order valence-electron chi connectivity index (χ4n) is 1.49. The van der Waals surface area contributed by atoms with Gasteiger partial charge in [-0.05, 0) is 17.7 Å². The van der Waals surface area contributed by atoms with E-state index in [0.717, 1.165) is 0 Å². The van der Waals surface area contributed by atoms with Crippen LogP contribution in [0.2, 0.25) is 5.02 Å². The van der Waals surface area contributed by atoms with Crippen LogP contribution >= 0.6 is 11.6 Å². The number of hydrogen-bond donors (Lipinski definition) is 1. The number of benzene rings is 1. The van der Waals surface area contributed by atoms with Crippen LogP contribution in [0.25, 0.3) is 0 Å². The van der Waals surface area contributed by atoms with Crippen molar-refractivity contribution in [3.8, 4) is 12.3 Å². The molecule has 1 aromatic carbocycles. The van der Waals surface area contributed by atoms with Crippen LogP contribution in [0.4, 0.5) is 0 Å². The standard InChI is InChI=1S/C12H10ClN3O/c1-2-12(17,7-16-9-14-8-15-16)10-3-5-11(13)6-4-10/h1,3-6,8-9,17H,7H2. The summed E-state index contributed by atoms with van der Waals surface area (Å²) < 4.78 is 1.48. The first kappa shape index (κ1) is 11.6. The van der Waals surface area contributed by atoms with Crippen LogP contribution in [-0.4, -0.2) is 19.9 Å². The molecule has 0 aliphatic rings. The number of aliphatic hydroxyl groups is 1. The fourth-order valence-corrected chi connectivity index (χ4v) is 1.62. The van der Waals surface area contributed by atoms with Crippen molar-refractivity contribution in [2.45, 2.75) is 12.1 Å². The molecule has 0 radical (unpaired) electrons. The van der Waals surface area contributed by atoms with E-state index in [9.17, 15) is 5.11 Å². The van der Waals surface area contributed by atoms with Gasteiger partial charge in [-0.2, -0.15) is 5.10 Å². The predicted octanol–water partition coefficient (Wildman–Crippen LogP) is 1.45. The maximum Gasteiger partial charge on any atom is 0.170 e. The summed E-state index contributed by atoms with van der Waals surface area (Å²) in [5.41, 5.74) is -0.821. The topological polar surface area (TPSA) is 50.9 Å².